The number of nitrogen functional groups attached to an aromatic ring is 1. The highest BCUT2D eigenvalue weighted by Crippen LogP contribution is 2.43. The summed E-state index contributed by atoms with van der Waals surface area (Å²) in [6.07, 6.45) is 0. The second-order valence-electron chi connectivity index (χ2n) is 8.50. The van der Waals surface area contributed by atoms with Crippen LogP contribution in [0.5, 0.6) is 11.7 Å². The molecular weight excluding hydrogens is 488 g/mol. The van der Waals surface area contributed by atoms with E-state index in [4.69, 9.17) is 15.5 Å². The molecule has 0 aliphatic heterocycles. The van der Waals surface area contributed by atoms with Gasteiger partial charge in [-0.25, -0.2) is 4.98 Å². The van der Waals surface area contributed by atoms with Crippen LogP contribution in [0.2, 0.25) is 0 Å². The molecule has 0 spiro atoms. The zero-order valence-corrected chi connectivity index (χ0v) is 20.7. The lowest BCUT2D eigenvalue weighted by Crippen LogP contribution is -2.37. The summed E-state index contributed by atoms with van der Waals surface area (Å²) in [5.74, 6) is -0.647. The molecule has 0 saturated heterocycles. The molecule has 0 saturated carbocycles. The zero-order chi connectivity index (χ0) is 25.7. The molecule has 3 aromatic carbocycles. The third-order valence-corrected chi connectivity index (χ3v) is 7.45. The second kappa shape index (κ2) is 8.72. The summed E-state index contributed by atoms with van der Waals surface area (Å²) in [5.41, 5.74) is 10.1. The number of benzene rings is 3. The minimum atomic E-state index is -0.816. The highest BCUT2D eigenvalue weighted by atomic mass is 32.1. The Morgan fingerprint density at radius 1 is 1.05 bits per heavy atom. The summed E-state index contributed by atoms with van der Waals surface area (Å²) in [4.78, 5) is 19.1. The van der Waals surface area contributed by atoms with Crippen molar-refractivity contribution in [3.63, 3.8) is 0 Å². The smallest absolute Gasteiger partial charge is 0.305 e. The van der Waals surface area contributed by atoms with E-state index in [1.54, 1.807) is 7.11 Å². The van der Waals surface area contributed by atoms with Crippen LogP contribution in [0.15, 0.2) is 77.3 Å². The predicted molar refractivity (Wildman–Crippen MR) is 140 cm³/mol. The maximum atomic E-state index is 13.4. The summed E-state index contributed by atoms with van der Waals surface area (Å²) < 4.78 is 11.1. The first kappa shape index (κ1) is 22.7. The molecular formula is C28H20N4O4S. The van der Waals surface area contributed by atoms with Gasteiger partial charge in [0.05, 0.1) is 23.8 Å². The van der Waals surface area contributed by atoms with E-state index in [-0.39, 0.29) is 16.3 Å². The molecule has 0 unspecified atom stereocenters. The van der Waals surface area contributed by atoms with Gasteiger partial charge in [0, 0.05) is 10.9 Å². The zero-order valence-electron chi connectivity index (χ0n) is 19.9. The fraction of sp³-hybridized carbons (Fsp3) is 0.0714. The molecule has 9 heteroatoms. The number of thiophene rings is 1. The van der Waals surface area contributed by atoms with E-state index in [1.807, 2.05) is 54.6 Å². The van der Waals surface area contributed by atoms with Crippen molar-refractivity contribution in [1.82, 2.24) is 10.3 Å². The first-order valence-corrected chi connectivity index (χ1v) is 12.2. The van der Waals surface area contributed by atoms with Crippen molar-refractivity contribution in [2.45, 2.75) is 0 Å². The Balaban J connectivity index is 1.63. The van der Waals surface area contributed by atoms with E-state index >= 15 is 0 Å². The number of fused-ring (bicyclic) bond motifs is 2. The Hall–Kier alpha value is -4.76. The molecule has 0 radical (unpaired) electrons. The molecule has 37 heavy (non-hydrogen) atoms. The summed E-state index contributed by atoms with van der Waals surface area (Å²) in [6.45, 7) is 0. The van der Waals surface area contributed by atoms with Crippen molar-refractivity contribution < 1.29 is 23.8 Å². The predicted octanol–water partition coefficient (Wildman–Crippen LogP) is 4.49. The normalized spacial score (nSPS) is 11.3. The van der Waals surface area contributed by atoms with Crippen molar-refractivity contribution in [3.8, 4) is 34.1 Å². The van der Waals surface area contributed by atoms with Gasteiger partial charge in [0.15, 0.2) is 13.0 Å². The van der Waals surface area contributed by atoms with E-state index in [0.717, 1.165) is 54.9 Å². The minimum absolute atomic E-state index is 0.196. The Kier molecular flexibility index (Phi) is 5.35. The number of pyridine rings is 1. The van der Waals surface area contributed by atoms with Gasteiger partial charge in [-0.15, -0.1) is 11.3 Å². The van der Waals surface area contributed by atoms with Crippen LogP contribution in [0.25, 0.3) is 43.4 Å². The fourth-order valence-electron chi connectivity index (χ4n) is 4.54. The van der Waals surface area contributed by atoms with Crippen molar-refractivity contribution in [2.75, 3.05) is 12.8 Å². The second-order valence-corrected chi connectivity index (χ2v) is 9.50. The lowest BCUT2D eigenvalue weighted by Gasteiger charge is -2.11. The number of nitrogens with zero attached hydrogens (tertiary/aromatic N) is 3. The van der Waals surface area contributed by atoms with Crippen molar-refractivity contribution in [1.29, 1.82) is 0 Å². The number of aryl methyl sites for hydroxylation is 1. The monoisotopic (exact) mass is 508 g/mol. The molecule has 8 nitrogen and oxygen atoms in total. The van der Waals surface area contributed by atoms with Crippen LogP contribution in [0, 0.1) is 0 Å². The molecule has 0 amide bonds. The number of hydrogen-bond donors (Lipinski definition) is 1. The van der Waals surface area contributed by atoms with Gasteiger partial charge >= 0.3 is 5.69 Å². The SMILES string of the molecule is COc1ccc(-c2cc(-c3cccc4ccccc34)nc3sc(C(=O)c4c([O-])on[n+]4C)c(N)c23)cc1. The average molecular weight is 509 g/mol. The molecule has 6 rings (SSSR count). The lowest BCUT2D eigenvalue weighted by molar-refractivity contribution is -0.741. The number of carbonyl (C=O) groups is 1. The van der Waals surface area contributed by atoms with Gasteiger partial charge < -0.3 is 20.1 Å². The third-order valence-electron chi connectivity index (χ3n) is 6.35. The molecule has 182 valence electrons. The summed E-state index contributed by atoms with van der Waals surface area (Å²) in [7, 11) is 3.09. The Bertz CT molecular complexity index is 1800. The van der Waals surface area contributed by atoms with Gasteiger partial charge in [-0.3, -0.25) is 4.79 Å². The van der Waals surface area contributed by atoms with Gasteiger partial charge in [0.2, 0.25) is 0 Å². The molecule has 6 aromatic rings. The number of ether oxygens (including phenoxy) is 1. The number of ketones is 1. The van der Waals surface area contributed by atoms with E-state index in [1.165, 1.54) is 7.05 Å². The molecule has 3 heterocycles. The minimum Gasteiger partial charge on any atom is -0.539 e. The quantitative estimate of drug-likeness (QED) is 0.269. The molecule has 0 bridgehead atoms. The fourth-order valence-corrected chi connectivity index (χ4v) is 5.60. The number of rotatable bonds is 5. The van der Waals surface area contributed by atoms with Crippen LogP contribution >= 0.6 is 11.3 Å². The van der Waals surface area contributed by atoms with Crippen molar-refractivity contribution in [2.24, 2.45) is 7.05 Å². The van der Waals surface area contributed by atoms with Gasteiger partial charge in [-0.1, -0.05) is 59.3 Å². The summed E-state index contributed by atoms with van der Waals surface area (Å²) in [6, 6.07) is 23.8. The van der Waals surface area contributed by atoms with Crippen LogP contribution in [-0.2, 0) is 7.05 Å². The molecule has 0 aliphatic carbocycles. The Morgan fingerprint density at radius 3 is 2.54 bits per heavy atom. The molecule has 0 fully saturated rings. The van der Waals surface area contributed by atoms with E-state index in [9.17, 15) is 9.90 Å². The van der Waals surface area contributed by atoms with Gasteiger partial charge in [-0.2, -0.15) is 0 Å². The number of aromatic nitrogens is 3. The average Bonchev–Trinajstić information content (AvgIpc) is 3.45. The van der Waals surface area contributed by atoms with Crippen molar-refractivity contribution in [3.05, 3.63) is 83.4 Å². The standard InChI is InChI=1S/C28H20N4O4S/c1-32-24(28(34)36-31-32)25(33)26-23(29)22-20(16-10-12-17(35-2)13-11-16)14-21(30-27(22)37-26)19-9-5-7-15-6-3-4-8-18(15)19/h3-14H,1-2H3,(H2-,29,31,33,34). The first-order chi connectivity index (χ1) is 18.0. The molecule has 0 aliphatic rings. The summed E-state index contributed by atoms with van der Waals surface area (Å²) >= 11 is 1.15. The number of hydrogen-bond acceptors (Lipinski definition) is 8. The number of anilines is 1. The first-order valence-electron chi connectivity index (χ1n) is 11.4. The highest BCUT2D eigenvalue weighted by molar-refractivity contribution is 7.21. The van der Waals surface area contributed by atoms with E-state index in [0.29, 0.717) is 10.2 Å². The van der Waals surface area contributed by atoms with Gasteiger partial charge in [0.1, 0.15) is 15.5 Å². The van der Waals surface area contributed by atoms with Crippen molar-refractivity contribution >= 4 is 43.8 Å². The Labute approximate surface area is 215 Å². The summed E-state index contributed by atoms with van der Waals surface area (Å²) in [5, 5.41) is 18.5. The highest BCUT2D eigenvalue weighted by Gasteiger charge is 2.30. The maximum Gasteiger partial charge on any atom is 0.305 e. The molecule has 2 N–H and O–H groups in total. The molecule has 0 atom stereocenters. The largest absolute Gasteiger partial charge is 0.539 e. The van der Waals surface area contributed by atoms with Crippen LogP contribution in [-0.4, -0.2) is 23.1 Å². The van der Waals surface area contributed by atoms with Crippen LogP contribution in [0.4, 0.5) is 5.69 Å². The van der Waals surface area contributed by atoms with Crippen LogP contribution in [0.1, 0.15) is 15.4 Å². The molecule has 3 aromatic heterocycles. The number of methoxy groups -OCH3 is 1. The van der Waals surface area contributed by atoms with E-state index in [2.05, 4.69) is 28.0 Å². The number of carbonyl (C=O) groups excluding carboxylic acids is 1. The van der Waals surface area contributed by atoms with Gasteiger partial charge in [-0.05, 0) is 40.1 Å². The van der Waals surface area contributed by atoms with Crippen LogP contribution in [0.3, 0.4) is 0 Å². The third kappa shape index (κ3) is 3.68. The van der Waals surface area contributed by atoms with Gasteiger partial charge in [0.25, 0.3) is 5.78 Å². The lowest BCUT2D eigenvalue weighted by atomic mass is 9.97. The Morgan fingerprint density at radius 2 is 1.81 bits per heavy atom. The maximum absolute atomic E-state index is 13.4. The van der Waals surface area contributed by atoms with E-state index < -0.39 is 11.7 Å². The number of nitrogens with two attached hydrogens (primary N) is 1. The van der Waals surface area contributed by atoms with Crippen LogP contribution < -0.4 is 20.3 Å². The topological polar surface area (TPSA) is 118 Å².